The fourth-order valence-corrected chi connectivity index (χ4v) is 3.10. The number of amides is 1. The monoisotopic (exact) mass is 296 g/mol. The molecule has 1 aliphatic heterocycles. The molecule has 0 bridgehead atoms. The van der Waals surface area contributed by atoms with E-state index in [1.165, 1.54) is 12.1 Å². The third kappa shape index (κ3) is 3.02. The lowest BCUT2D eigenvalue weighted by molar-refractivity contribution is 0.0634. The van der Waals surface area contributed by atoms with E-state index >= 15 is 0 Å². The Labute approximate surface area is 119 Å². The molecule has 6 heteroatoms. The predicted molar refractivity (Wildman–Crippen MR) is 76.9 cm³/mol. The summed E-state index contributed by atoms with van der Waals surface area (Å²) in [5.41, 5.74) is 1.19. The highest BCUT2D eigenvalue weighted by Gasteiger charge is 2.26. The second-order valence-electron chi connectivity index (χ2n) is 5.37. The Morgan fingerprint density at radius 1 is 1.35 bits per heavy atom. The van der Waals surface area contributed by atoms with Crippen LogP contribution in [0.3, 0.4) is 0 Å². The van der Waals surface area contributed by atoms with Gasteiger partial charge in [-0.3, -0.25) is 4.79 Å². The van der Waals surface area contributed by atoms with E-state index in [9.17, 15) is 13.2 Å². The van der Waals surface area contributed by atoms with Crippen LogP contribution in [0.15, 0.2) is 23.1 Å². The van der Waals surface area contributed by atoms with Crippen molar-refractivity contribution in [2.45, 2.75) is 44.0 Å². The summed E-state index contributed by atoms with van der Waals surface area (Å²) in [5, 5.41) is 5.13. The van der Waals surface area contributed by atoms with Gasteiger partial charge in [-0.2, -0.15) is 0 Å². The van der Waals surface area contributed by atoms with Crippen molar-refractivity contribution in [1.29, 1.82) is 0 Å². The van der Waals surface area contributed by atoms with Crippen molar-refractivity contribution >= 4 is 15.9 Å². The Kier molecular flexibility index (Phi) is 4.15. The second-order valence-corrected chi connectivity index (χ2v) is 6.93. The number of carbonyl (C=O) groups is 1. The number of carbonyl (C=O) groups excluding carboxylic acids is 1. The number of primary sulfonamides is 1. The van der Waals surface area contributed by atoms with Gasteiger partial charge in [-0.15, -0.1) is 0 Å². The van der Waals surface area contributed by atoms with Crippen LogP contribution in [-0.4, -0.2) is 31.8 Å². The summed E-state index contributed by atoms with van der Waals surface area (Å²) in [6, 6.07) is 4.63. The molecule has 5 nitrogen and oxygen atoms in total. The molecule has 0 aliphatic carbocycles. The van der Waals surface area contributed by atoms with Crippen LogP contribution in [0.1, 0.15) is 42.1 Å². The lowest BCUT2D eigenvalue weighted by Crippen LogP contribution is -2.42. The number of aryl methyl sites for hydroxylation is 1. The Bertz CT molecular complexity index is 625. The highest BCUT2D eigenvalue weighted by Crippen LogP contribution is 2.22. The van der Waals surface area contributed by atoms with E-state index in [1.54, 1.807) is 13.0 Å². The van der Waals surface area contributed by atoms with Gasteiger partial charge < -0.3 is 4.90 Å². The number of hydrogen-bond donors (Lipinski definition) is 1. The standard InChI is InChI=1S/C14H20N2O3S/c1-10-6-7-12(20(15,18)19)9-13(10)14(17)16-8-4-3-5-11(16)2/h6-7,9,11H,3-5,8H2,1-2H3,(H2,15,18,19)/t11-/m0/s1. The SMILES string of the molecule is Cc1ccc(S(N)(=O)=O)cc1C(=O)N1CCCC[C@@H]1C. The van der Waals surface area contributed by atoms with Crippen molar-refractivity contribution in [3.63, 3.8) is 0 Å². The van der Waals surface area contributed by atoms with Crippen molar-refractivity contribution in [1.82, 2.24) is 4.90 Å². The minimum Gasteiger partial charge on any atom is -0.336 e. The highest BCUT2D eigenvalue weighted by atomic mass is 32.2. The molecule has 1 aliphatic rings. The van der Waals surface area contributed by atoms with E-state index in [1.807, 2.05) is 11.8 Å². The van der Waals surface area contributed by atoms with E-state index in [0.29, 0.717) is 5.56 Å². The van der Waals surface area contributed by atoms with Crippen molar-refractivity contribution in [3.8, 4) is 0 Å². The van der Waals surface area contributed by atoms with Crippen LogP contribution >= 0.6 is 0 Å². The second kappa shape index (κ2) is 5.54. The first-order valence-corrected chi connectivity index (χ1v) is 8.30. The quantitative estimate of drug-likeness (QED) is 0.901. The molecule has 1 saturated heterocycles. The zero-order valence-corrected chi connectivity index (χ0v) is 12.6. The summed E-state index contributed by atoms with van der Waals surface area (Å²) < 4.78 is 22.8. The normalized spacial score (nSPS) is 19.9. The van der Waals surface area contributed by atoms with E-state index in [-0.39, 0.29) is 16.8 Å². The fourth-order valence-electron chi connectivity index (χ4n) is 2.56. The maximum atomic E-state index is 12.6. The molecule has 1 atom stereocenters. The maximum Gasteiger partial charge on any atom is 0.254 e. The van der Waals surface area contributed by atoms with Crippen molar-refractivity contribution in [2.75, 3.05) is 6.54 Å². The fraction of sp³-hybridized carbons (Fsp3) is 0.500. The Morgan fingerprint density at radius 3 is 2.65 bits per heavy atom. The third-order valence-corrected chi connectivity index (χ3v) is 4.74. The average Bonchev–Trinajstić information content (AvgIpc) is 2.37. The Balaban J connectivity index is 2.38. The van der Waals surface area contributed by atoms with E-state index in [2.05, 4.69) is 0 Å². The van der Waals surface area contributed by atoms with Crippen LogP contribution in [0.4, 0.5) is 0 Å². The minimum absolute atomic E-state index is 0.0175. The number of piperidine rings is 1. The molecule has 0 saturated carbocycles. The summed E-state index contributed by atoms with van der Waals surface area (Å²) in [6.07, 6.45) is 3.10. The molecule has 2 rings (SSSR count). The molecule has 0 unspecified atom stereocenters. The lowest BCUT2D eigenvalue weighted by Gasteiger charge is -2.33. The van der Waals surface area contributed by atoms with E-state index in [4.69, 9.17) is 5.14 Å². The molecule has 0 aromatic heterocycles. The molecule has 1 aromatic carbocycles. The van der Waals surface area contributed by atoms with Crippen molar-refractivity contribution in [2.24, 2.45) is 5.14 Å². The van der Waals surface area contributed by atoms with Crippen LogP contribution in [0.2, 0.25) is 0 Å². The van der Waals surface area contributed by atoms with Gasteiger partial charge >= 0.3 is 0 Å². The first-order chi connectivity index (χ1) is 9.30. The van der Waals surface area contributed by atoms with Crippen LogP contribution in [0.5, 0.6) is 0 Å². The predicted octanol–water partition coefficient (Wildman–Crippen LogP) is 1.66. The highest BCUT2D eigenvalue weighted by molar-refractivity contribution is 7.89. The lowest BCUT2D eigenvalue weighted by atomic mass is 10.0. The smallest absolute Gasteiger partial charge is 0.254 e. The van der Waals surface area contributed by atoms with Gasteiger partial charge in [-0.05, 0) is 50.8 Å². The summed E-state index contributed by atoms with van der Waals surface area (Å²) in [6.45, 7) is 4.55. The molecule has 1 aromatic rings. The summed E-state index contributed by atoms with van der Waals surface area (Å²) >= 11 is 0. The topological polar surface area (TPSA) is 80.5 Å². The first kappa shape index (κ1) is 15.0. The molecule has 2 N–H and O–H groups in total. The molecule has 0 radical (unpaired) electrons. The van der Waals surface area contributed by atoms with Crippen LogP contribution in [-0.2, 0) is 10.0 Å². The Hall–Kier alpha value is -1.40. The number of rotatable bonds is 2. The molecule has 20 heavy (non-hydrogen) atoms. The molecule has 1 amide bonds. The number of nitrogens with zero attached hydrogens (tertiary/aromatic N) is 1. The van der Waals surface area contributed by atoms with Gasteiger partial charge in [0, 0.05) is 18.2 Å². The number of nitrogens with two attached hydrogens (primary N) is 1. The van der Waals surface area contributed by atoms with Gasteiger partial charge in [0.2, 0.25) is 10.0 Å². The van der Waals surface area contributed by atoms with Gasteiger partial charge in [-0.1, -0.05) is 6.07 Å². The number of sulfonamides is 1. The summed E-state index contributed by atoms with van der Waals surface area (Å²) in [5.74, 6) is -0.111. The average molecular weight is 296 g/mol. The maximum absolute atomic E-state index is 12.6. The molecular weight excluding hydrogens is 276 g/mol. The van der Waals surface area contributed by atoms with Crippen LogP contribution < -0.4 is 5.14 Å². The van der Waals surface area contributed by atoms with Gasteiger partial charge in [0.15, 0.2) is 0 Å². The van der Waals surface area contributed by atoms with E-state index in [0.717, 1.165) is 31.4 Å². The molecule has 110 valence electrons. The first-order valence-electron chi connectivity index (χ1n) is 6.75. The van der Waals surface area contributed by atoms with Crippen molar-refractivity contribution < 1.29 is 13.2 Å². The van der Waals surface area contributed by atoms with Gasteiger partial charge in [0.05, 0.1) is 4.90 Å². The molecule has 1 fully saturated rings. The van der Waals surface area contributed by atoms with Gasteiger partial charge in [0.25, 0.3) is 5.91 Å². The largest absolute Gasteiger partial charge is 0.336 e. The number of benzene rings is 1. The third-order valence-electron chi connectivity index (χ3n) is 3.83. The molecule has 1 heterocycles. The molecule has 0 spiro atoms. The van der Waals surface area contributed by atoms with Crippen LogP contribution in [0, 0.1) is 6.92 Å². The van der Waals surface area contributed by atoms with E-state index < -0.39 is 10.0 Å². The zero-order chi connectivity index (χ0) is 14.9. The zero-order valence-electron chi connectivity index (χ0n) is 11.8. The number of hydrogen-bond acceptors (Lipinski definition) is 3. The van der Waals surface area contributed by atoms with Gasteiger partial charge in [-0.25, -0.2) is 13.6 Å². The summed E-state index contributed by atoms with van der Waals surface area (Å²) in [7, 11) is -3.79. The van der Waals surface area contributed by atoms with Gasteiger partial charge in [0.1, 0.15) is 0 Å². The van der Waals surface area contributed by atoms with Crippen LogP contribution in [0.25, 0.3) is 0 Å². The number of likely N-dealkylation sites (tertiary alicyclic amines) is 1. The summed E-state index contributed by atoms with van der Waals surface area (Å²) in [4.78, 5) is 14.4. The van der Waals surface area contributed by atoms with Crippen molar-refractivity contribution in [3.05, 3.63) is 29.3 Å². The Morgan fingerprint density at radius 2 is 2.05 bits per heavy atom. The molecular formula is C14H20N2O3S. The minimum atomic E-state index is -3.79.